The maximum Gasteiger partial charge on any atom is 0.0334 e. The van der Waals surface area contributed by atoms with E-state index in [-0.39, 0.29) is 0 Å². The van der Waals surface area contributed by atoms with Gasteiger partial charge in [0.2, 0.25) is 0 Å². The topological polar surface area (TPSA) is 15.3 Å². The highest BCUT2D eigenvalue weighted by Crippen LogP contribution is 2.46. The molecule has 1 saturated heterocycles. The second kappa shape index (κ2) is 5.28. The summed E-state index contributed by atoms with van der Waals surface area (Å²) in [5.74, 6) is 2.99. The Bertz CT molecular complexity index is 341. The Morgan fingerprint density at radius 3 is 2.40 bits per heavy atom. The molecule has 0 radical (unpaired) electrons. The van der Waals surface area contributed by atoms with Gasteiger partial charge in [-0.15, -0.1) is 0 Å². The van der Waals surface area contributed by atoms with Gasteiger partial charge in [-0.25, -0.2) is 0 Å². The van der Waals surface area contributed by atoms with E-state index in [0.717, 1.165) is 23.8 Å². The molecule has 0 spiro atoms. The monoisotopic (exact) mass is 276 g/mol. The molecular weight excluding hydrogens is 244 g/mol. The highest BCUT2D eigenvalue weighted by atomic mass is 15.3. The molecule has 3 saturated carbocycles. The molecular formula is C18H32N2. The van der Waals surface area contributed by atoms with Gasteiger partial charge in [-0.1, -0.05) is 19.3 Å². The molecule has 1 aliphatic heterocycles. The predicted octanol–water partition coefficient (Wildman–Crippen LogP) is 3.42. The molecule has 0 aromatic carbocycles. The number of hydrogen-bond donors (Lipinski definition) is 1. The summed E-state index contributed by atoms with van der Waals surface area (Å²) in [5.41, 5.74) is 0.480. The lowest BCUT2D eigenvalue weighted by Crippen LogP contribution is -2.66. The molecule has 2 unspecified atom stereocenters. The second-order valence-corrected chi connectivity index (χ2v) is 8.37. The van der Waals surface area contributed by atoms with E-state index < -0.39 is 0 Å². The predicted molar refractivity (Wildman–Crippen MR) is 83.8 cm³/mol. The Kier molecular flexibility index (Phi) is 3.58. The van der Waals surface area contributed by atoms with Gasteiger partial charge in [-0.2, -0.15) is 0 Å². The molecule has 4 aliphatic rings. The molecule has 1 N–H and O–H groups in total. The minimum Gasteiger partial charge on any atom is -0.311 e. The van der Waals surface area contributed by atoms with Crippen LogP contribution in [0.3, 0.4) is 0 Å². The van der Waals surface area contributed by atoms with E-state index in [2.05, 4.69) is 17.1 Å². The summed E-state index contributed by atoms with van der Waals surface area (Å²) in [4.78, 5) is 2.93. The molecule has 2 heteroatoms. The van der Waals surface area contributed by atoms with Gasteiger partial charge in [-0.3, -0.25) is 4.90 Å². The van der Waals surface area contributed by atoms with Gasteiger partial charge in [-0.05, 0) is 63.2 Å². The molecule has 1 heterocycles. The maximum atomic E-state index is 3.98. The van der Waals surface area contributed by atoms with Crippen LogP contribution in [0.4, 0.5) is 0 Å². The van der Waals surface area contributed by atoms with E-state index in [9.17, 15) is 0 Å². The van der Waals surface area contributed by atoms with Gasteiger partial charge < -0.3 is 5.32 Å². The lowest BCUT2D eigenvalue weighted by atomic mass is 9.80. The Hall–Kier alpha value is -0.0800. The first-order valence-corrected chi connectivity index (χ1v) is 9.24. The van der Waals surface area contributed by atoms with E-state index in [1.54, 1.807) is 0 Å². The molecule has 3 aliphatic carbocycles. The first-order valence-electron chi connectivity index (χ1n) is 9.24. The van der Waals surface area contributed by atoms with E-state index in [4.69, 9.17) is 0 Å². The molecule has 0 bridgehead atoms. The Labute approximate surface area is 124 Å². The number of nitrogens with zero attached hydrogens (tertiary/aromatic N) is 1. The number of hydrogen-bond acceptors (Lipinski definition) is 2. The Balaban J connectivity index is 1.44. The molecule has 20 heavy (non-hydrogen) atoms. The summed E-state index contributed by atoms with van der Waals surface area (Å²) in [7, 11) is 0. The first kappa shape index (κ1) is 13.6. The van der Waals surface area contributed by atoms with Crippen molar-refractivity contribution < 1.29 is 0 Å². The van der Waals surface area contributed by atoms with Crippen LogP contribution in [0.15, 0.2) is 0 Å². The normalized spacial score (nSPS) is 41.0. The summed E-state index contributed by atoms with van der Waals surface area (Å²) < 4.78 is 0. The summed E-state index contributed by atoms with van der Waals surface area (Å²) in [5, 5.41) is 3.98. The maximum absolute atomic E-state index is 3.98. The summed E-state index contributed by atoms with van der Waals surface area (Å²) in [6.45, 7) is 6.55. The molecule has 4 rings (SSSR count). The van der Waals surface area contributed by atoms with Crippen LogP contribution in [-0.2, 0) is 0 Å². The van der Waals surface area contributed by atoms with E-state index in [0.29, 0.717) is 5.54 Å². The second-order valence-electron chi connectivity index (χ2n) is 8.37. The number of piperazine rings is 1. The molecule has 114 valence electrons. The molecule has 2 nitrogen and oxygen atoms in total. The Morgan fingerprint density at radius 2 is 1.75 bits per heavy atom. The van der Waals surface area contributed by atoms with Crippen molar-refractivity contribution in [3.8, 4) is 0 Å². The largest absolute Gasteiger partial charge is 0.311 e. The highest BCUT2D eigenvalue weighted by molar-refractivity contribution is 5.06. The van der Waals surface area contributed by atoms with Crippen LogP contribution < -0.4 is 5.32 Å². The zero-order chi connectivity index (χ0) is 13.6. The van der Waals surface area contributed by atoms with Crippen LogP contribution >= 0.6 is 0 Å². The van der Waals surface area contributed by atoms with E-state index in [1.165, 1.54) is 77.4 Å². The van der Waals surface area contributed by atoms with Crippen molar-refractivity contribution in [1.29, 1.82) is 0 Å². The van der Waals surface area contributed by atoms with Crippen molar-refractivity contribution >= 4 is 0 Å². The van der Waals surface area contributed by atoms with Crippen LogP contribution in [0.5, 0.6) is 0 Å². The van der Waals surface area contributed by atoms with Gasteiger partial charge in [0.05, 0.1) is 0 Å². The summed E-state index contributed by atoms with van der Waals surface area (Å²) >= 11 is 0. The molecule has 0 aromatic rings. The first-order chi connectivity index (χ1) is 9.75. The quantitative estimate of drug-likeness (QED) is 0.846. The zero-order valence-electron chi connectivity index (χ0n) is 13.2. The average molecular weight is 276 g/mol. The van der Waals surface area contributed by atoms with Crippen LogP contribution in [0.2, 0.25) is 0 Å². The highest BCUT2D eigenvalue weighted by Gasteiger charge is 2.49. The van der Waals surface area contributed by atoms with Crippen molar-refractivity contribution in [2.45, 2.75) is 76.3 Å². The number of rotatable bonds is 4. The van der Waals surface area contributed by atoms with Crippen molar-refractivity contribution in [3.05, 3.63) is 0 Å². The van der Waals surface area contributed by atoms with Gasteiger partial charge in [0, 0.05) is 31.2 Å². The van der Waals surface area contributed by atoms with Crippen LogP contribution in [-0.4, -0.2) is 36.1 Å². The number of nitrogens with one attached hydrogen (secondary N) is 1. The summed E-state index contributed by atoms with van der Waals surface area (Å²) in [6.07, 6.45) is 13.4. The standard InChI is InChI=1S/C18H32N2/c1-18(16-9-10-16)13-19-17(15-5-3-2-4-6-15)12-20(18)11-14-7-8-14/h14-17,19H,2-13H2,1H3. The third kappa shape index (κ3) is 2.66. The van der Waals surface area contributed by atoms with E-state index in [1.807, 2.05) is 0 Å². The lowest BCUT2D eigenvalue weighted by molar-refractivity contribution is 0.0140. The van der Waals surface area contributed by atoms with Crippen LogP contribution in [0, 0.1) is 17.8 Å². The van der Waals surface area contributed by atoms with Gasteiger partial charge in [0.1, 0.15) is 0 Å². The fourth-order valence-electron chi connectivity index (χ4n) is 4.82. The fraction of sp³-hybridized carbons (Fsp3) is 1.00. The fourth-order valence-corrected chi connectivity index (χ4v) is 4.82. The molecule has 0 aromatic heterocycles. The minimum absolute atomic E-state index is 0.480. The van der Waals surface area contributed by atoms with Crippen LogP contribution in [0.25, 0.3) is 0 Å². The van der Waals surface area contributed by atoms with Gasteiger partial charge in [0.25, 0.3) is 0 Å². The van der Waals surface area contributed by atoms with Crippen molar-refractivity contribution in [2.75, 3.05) is 19.6 Å². The molecule has 0 amide bonds. The van der Waals surface area contributed by atoms with Gasteiger partial charge in [0.15, 0.2) is 0 Å². The molecule has 4 fully saturated rings. The SMILES string of the molecule is CC1(C2CC2)CNC(C2CCCCC2)CN1CC1CC1. The Morgan fingerprint density at radius 1 is 1.00 bits per heavy atom. The average Bonchev–Trinajstić information content (AvgIpc) is 3.36. The smallest absolute Gasteiger partial charge is 0.0334 e. The minimum atomic E-state index is 0.480. The third-order valence-electron chi connectivity index (χ3n) is 6.71. The third-order valence-corrected chi connectivity index (χ3v) is 6.71. The van der Waals surface area contributed by atoms with Crippen molar-refractivity contribution in [2.24, 2.45) is 17.8 Å². The van der Waals surface area contributed by atoms with Crippen molar-refractivity contribution in [1.82, 2.24) is 10.2 Å². The molecule has 2 atom stereocenters. The lowest BCUT2D eigenvalue weighted by Gasteiger charge is -2.51. The van der Waals surface area contributed by atoms with Crippen LogP contribution in [0.1, 0.15) is 64.7 Å². The zero-order valence-corrected chi connectivity index (χ0v) is 13.2. The van der Waals surface area contributed by atoms with Gasteiger partial charge >= 0.3 is 0 Å². The van der Waals surface area contributed by atoms with Crippen molar-refractivity contribution in [3.63, 3.8) is 0 Å². The van der Waals surface area contributed by atoms with E-state index >= 15 is 0 Å². The summed E-state index contributed by atoms with van der Waals surface area (Å²) in [6, 6.07) is 0.792.